The molecule has 1 aliphatic heterocycles. The second kappa shape index (κ2) is 6.54. The Kier molecular flexibility index (Phi) is 4.21. The molecule has 0 spiro atoms. The lowest BCUT2D eigenvalue weighted by Crippen LogP contribution is -2.09. The highest BCUT2D eigenvalue weighted by Gasteiger charge is 2.27. The summed E-state index contributed by atoms with van der Waals surface area (Å²) in [5.74, 6) is 1.60. The number of aryl methyl sites for hydroxylation is 1. The Morgan fingerprint density at radius 3 is 2.58 bits per heavy atom. The van der Waals surface area contributed by atoms with Gasteiger partial charge in [-0.15, -0.1) is 10.2 Å². The van der Waals surface area contributed by atoms with Crippen LogP contribution in [0.25, 0.3) is 11.3 Å². The fourth-order valence-electron chi connectivity index (χ4n) is 3.52. The molecule has 1 aromatic heterocycles. The summed E-state index contributed by atoms with van der Waals surface area (Å²) in [4.78, 5) is 11.9. The van der Waals surface area contributed by atoms with Crippen LogP contribution < -0.4 is 0 Å². The van der Waals surface area contributed by atoms with Crippen LogP contribution in [0.4, 0.5) is 0 Å². The molecule has 0 saturated heterocycles. The van der Waals surface area contributed by atoms with Crippen LogP contribution in [0.5, 0.6) is 0 Å². The number of para-hydroxylation sites is 1. The van der Waals surface area contributed by atoms with Crippen molar-refractivity contribution in [1.82, 2.24) is 14.8 Å². The van der Waals surface area contributed by atoms with E-state index in [1.165, 1.54) is 0 Å². The van der Waals surface area contributed by atoms with Crippen molar-refractivity contribution in [3.8, 4) is 5.69 Å². The molecule has 0 unspecified atom stereocenters. The van der Waals surface area contributed by atoms with Crippen LogP contribution in [-0.2, 0) is 4.79 Å². The number of aromatic nitrogens is 3. The van der Waals surface area contributed by atoms with E-state index in [0.717, 1.165) is 34.0 Å². The van der Waals surface area contributed by atoms with Crippen molar-refractivity contribution in [2.75, 3.05) is 0 Å². The summed E-state index contributed by atoms with van der Waals surface area (Å²) in [6.45, 7) is 3.55. The Morgan fingerprint density at radius 1 is 1.12 bits per heavy atom. The van der Waals surface area contributed by atoms with Crippen LogP contribution in [0.15, 0.2) is 54.6 Å². The molecule has 26 heavy (non-hydrogen) atoms. The predicted octanol–water partition coefficient (Wildman–Crippen LogP) is 4.74. The van der Waals surface area contributed by atoms with Crippen LogP contribution in [-0.4, -0.2) is 20.5 Å². The van der Waals surface area contributed by atoms with Gasteiger partial charge < -0.3 is 0 Å². The summed E-state index contributed by atoms with van der Waals surface area (Å²) in [6.07, 6.45) is 2.53. The summed E-state index contributed by atoms with van der Waals surface area (Å²) >= 11 is 6.07. The Bertz CT molecular complexity index is 1020. The molecule has 0 radical (unpaired) electrons. The zero-order valence-electron chi connectivity index (χ0n) is 14.6. The maximum absolute atomic E-state index is 11.9. The Labute approximate surface area is 157 Å². The number of fused-ring (bicyclic) bond motifs is 3. The first-order chi connectivity index (χ1) is 12.5. The normalized spacial score (nSPS) is 15.7. The SMILES string of the molecule is CC(=O)C[C@H]1C=C(c2ccc(Cl)cc2)c2ccccc2-n2c(C)nnc21. The molecule has 0 fully saturated rings. The van der Waals surface area contributed by atoms with Crippen LogP contribution >= 0.6 is 11.6 Å². The molecule has 4 nitrogen and oxygen atoms in total. The van der Waals surface area contributed by atoms with Crippen molar-refractivity contribution in [3.63, 3.8) is 0 Å². The van der Waals surface area contributed by atoms with E-state index >= 15 is 0 Å². The topological polar surface area (TPSA) is 47.8 Å². The van der Waals surface area contributed by atoms with Gasteiger partial charge in [0.05, 0.1) is 5.69 Å². The van der Waals surface area contributed by atoms with Crippen molar-refractivity contribution < 1.29 is 4.79 Å². The monoisotopic (exact) mass is 363 g/mol. The Hall–Kier alpha value is -2.72. The van der Waals surface area contributed by atoms with E-state index in [2.05, 4.69) is 33.0 Å². The standard InChI is InChI=1S/C21H18ClN3O/c1-13(26)11-16-12-19(15-7-9-17(22)10-8-15)18-5-3-4-6-20(18)25-14(2)23-24-21(16)25/h3-10,12,16H,11H2,1-2H3/t16-/m0/s1. The number of hydrogen-bond donors (Lipinski definition) is 0. The molecule has 2 aromatic carbocycles. The summed E-state index contributed by atoms with van der Waals surface area (Å²) < 4.78 is 2.06. The third kappa shape index (κ3) is 2.86. The van der Waals surface area contributed by atoms with Crippen LogP contribution in [0, 0.1) is 6.92 Å². The van der Waals surface area contributed by atoms with Gasteiger partial charge in [-0.1, -0.05) is 48.0 Å². The van der Waals surface area contributed by atoms with Crippen LogP contribution in [0.1, 0.15) is 42.0 Å². The molecule has 1 atom stereocenters. The molecule has 0 amide bonds. The minimum Gasteiger partial charge on any atom is -0.300 e. The van der Waals surface area contributed by atoms with Crippen LogP contribution in [0.2, 0.25) is 5.02 Å². The van der Waals surface area contributed by atoms with Gasteiger partial charge in [0, 0.05) is 22.9 Å². The van der Waals surface area contributed by atoms with Crippen LogP contribution in [0.3, 0.4) is 0 Å². The second-order valence-electron chi connectivity index (χ2n) is 6.56. The predicted molar refractivity (Wildman–Crippen MR) is 103 cm³/mol. The summed E-state index contributed by atoms with van der Waals surface area (Å²) in [5.41, 5.74) is 4.25. The first kappa shape index (κ1) is 16.7. The zero-order valence-corrected chi connectivity index (χ0v) is 15.4. The quantitative estimate of drug-likeness (QED) is 0.675. The zero-order chi connectivity index (χ0) is 18.3. The van der Waals surface area contributed by atoms with E-state index in [4.69, 9.17) is 11.6 Å². The number of nitrogens with zero attached hydrogens (tertiary/aromatic N) is 3. The van der Waals surface area contributed by atoms with E-state index in [0.29, 0.717) is 11.4 Å². The van der Waals surface area contributed by atoms with E-state index in [9.17, 15) is 4.79 Å². The number of rotatable bonds is 3. The van der Waals surface area contributed by atoms with Gasteiger partial charge in [-0.25, -0.2) is 0 Å². The average Bonchev–Trinajstić information content (AvgIpc) is 2.94. The molecule has 4 rings (SSSR count). The number of hydrogen-bond acceptors (Lipinski definition) is 3. The molecule has 130 valence electrons. The van der Waals surface area contributed by atoms with Gasteiger partial charge in [0.15, 0.2) is 0 Å². The minimum absolute atomic E-state index is 0.125. The Balaban J connectivity index is 1.99. The number of benzene rings is 2. The molecule has 1 aliphatic rings. The van der Waals surface area contributed by atoms with Gasteiger partial charge >= 0.3 is 0 Å². The van der Waals surface area contributed by atoms with Gasteiger partial charge in [0.2, 0.25) is 0 Å². The average molecular weight is 364 g/mol. The maximum atomic E-state index is 11.9. The van der Waals surface area contributed by atoms with Crippen molar-refractivity contribution >= 4 is 23.0 Å². The molecular weight excluding hydrogens is 346 g/mol. The van der Waals surface area contributed by atoms with E-state index in [1.54, 1.807) is 6.92 Å². The van der Waals surface area contributed by atoms with Crippen molar-refractivity contribution in [1.29, 1.82) is 0 Å². The second-order valence-corrected chi connectivity index (χ2v) is 6.99. The summed E-state index contributed by atoms with van der Waals surface area (Å²) in [5, 5.41) is 9.35. The largest absolute Gasteiger partial charge is 0.300 e. The number of ketones is 1. The maximum Gasteiger partial charge on any atom is 0.145 e. The fourth-order valence-corrected chi connectivity index (χ4v) is 3.65. The highest BCUT2D eigenvalue weighted by Crippen LogP contribution is 2.38. The third-order valence-electron chi connectivity index (χ3n) is 4.65. The number of halogens is 1. The van der Waals surface area contributed by atoms with Gasteiger partial charge in [-0.3, -0.25) is 9.36 Å². The lowest BCUT2D eigenvalue weighted by Gasteiger charge is -2.13. The molecule has 3 aromatic rings. The third-order valence-corrected chi connectivity index (χ3v) is 4.90. The lowest BCUT2D eigenvalue weighted by molar-refractivity contribution is -0.117. The highest BCUT2D eigenvalue weighted by molar-refractivity contribution is 6.30. The van der Waals surface area contributed by atoms with Gasteiger partial charge in [0.25, 0.3) is 0 Å². The molecule has 2 heterocycles. The van der Waals surface area contributed by atoms with Gasteiger partial charge in [-0.05, 0) is 43.2 Å². The van der Waals surface area contributed by atoms with Crippen molar-refractivity contribution in [3.05, 3.63) is 82.4 Å². The molecule has 0 aliphatic carbocycles. The molecule has 0 N–H and O–H groups in total. The minimum atomic E-state index is -0.133. The number of carbonyl (C=O) groups excluding carboxylic acids is 1. The smallest absolute Gasteiger partial charge is 0.145 e. The van der Waals surface area contributed by atoms with E-state index in [1.807, 2.05) is 43.3 Å². The van der Waals surface area contributed by atoms with E-state index < -0.39 is 0 Å². The van der Waals surface area contributed by atoms with Gasteiger partial charge in [0.1, 0.15) is 17.4 Å². The first-order valence-corrected chi connectivity index (χ1v) is 8.91. The molecule has 0 saturated carbocycles. The number of Topliss-reactive ketones (excluding diaryl/α,β-unsaturated/α-hetero) is 1. The summed E-state index contributed by atoms with van der Waals surface area (Å²) in [6, 6.07) is 16.0. The molecule has 5 heteroatoms. The Morgan fingerprint density at radius 2 is 1.85 bits per heavy atom. The molecular formula is C21H18ClN3O. The molecule has 0 bridgehead atoms. The van der Waals surface area contributed by atoms with Gasteiger partial charge in [-0.2, -0.15) is 0 Å². The fraction of sp³-hybridized carbons (Fsp3) is 0.190. The number of carbonyl (C=O) groups is 1. The van der Waals surface area contributed by atoms with Crippen molar-refractivity contribution in [2.24, 2.45) is 0 Å². The van der Waals surface area contributed by atoms with Crippen molar-refractivity contribution in [2.45, 2.75) is 26.2 Å². The first-order valence-electron chi connectivity index (χ1n) is 8.53. The van der Waals surface area contributed by atoms with E-state index in [-0.39, 0.29) is 11.7 Å². The lowest BCUT2D eigenvalue weighted by atomic mass is 9.92. The number of allylic oxidation sites excluding steroid dienone is 1. The summed E-state index contributed by atoms with van der Waals surface area (Å²) in [7, 11) is 0. The highest BCUT2D eigenvalue weighted by atomic mass is 35.5.